The van der Waals surface area contributed by atoms with Crippen LogP contribution in [0.5, 0.6) is 0 Å². The van der Waals surface area contributed by atoms with Gasteiger partial charge in [-0.1, -0.05) is 190 Å². The molecule has 0 aromatic carbocycles. The Hall–Kier alpha value is -3.64. The number of carboxylic acid groups (broad SMARTS) is 3. The number of hydrogen-bond donors (Lipinski definition) is 7. The lowest BCUT2D eigenvalue weighted by molar-refractivity contribution is -0.138. The topological polar surface area (TPSA) is 210 Å². The van der Waals surface area contributed by atoms with Gasteiger partial charge in [-0.3, -0.25) is 14.4 Å². The van der Waals surface area contributed by atoms with E-state index in [1.54, 1.807) is 0 Å². The maximum atomic E-state index is 10.3. The number of carbonyl (C=O) groups excluding carboxylic acids is 1. The Kier molecular flexibility index (Phi) is 68.1. The van der Waals surface area contributed by atoms with E-state index in [4.69, 9.17) is 35.7 Å². The average Bonchev–Trinajstić information content (AvgIpc) is 3.34. The Balaban J connectivity index is -0.000000426. The van der Waals surface area contributed by atoms with Crippen LogP contribution in [-0.2, 0) is 19.2 Å². The van der Waals surface area contributed by atoms with Crippen LogP contribution in [0.25, 0.3) is 0 Å². The van der Waals surface area contributed by atoms with Crippen molar-refractivity contribution in [1.29, 1.82) is 0 Å². The van der Waals surface area contributed by atoms with E-state index in [0.29, 0.717) is 19.3 Å². The van der Waals surface area contributed by atoms with Crippen LogP contribution in [0.4, 0.5) is 0 Å². The van der Waals surface area contributed by atoms with Crippen LogP contribution >= 0.6 is 0 Å². The summed E-state index contributed by atoms with van der Waals surface area (Å²) in [4.78, 5) is 40.7. The zero-order chi connectivity index (χ0) is 52.8. The smallest absolute Gasteiger partial charge is 0.303 e. The van der Waals surface area contributed by atoms with Crippen LogP contribution in [0.3, 0.4) is 0 Å². The van der Waals surface area contributed by atoms with Gasteiger partial charge in [0, 0.05) is 19.3 Å². The molecule has 0 aromatic rings. The van der Waals surface area contributed by atoms with E-state index >= 15 is 0 Å². The molecule has 0 aromatic heterocycles. The van der Waals surface area contributed by atoms with Crippen molar-refractivity contribution in [3.63, 3.8) is 0 Å². The van der Waals surface area contributed by atoms with E-state index in [1.165, 1.54) is 135 Å². The van der Waals surface area contributed by atoms with E-state index in [1.807, 2.05) is 0 Å². The minimum atomic E-state index is -1.64. The Labute approximate surface area is 427 Å². The van der Waals surface area contributed by atoms with E-state index < -0.39 is 42.8 Å². The van der Waals surface area contributed by atoms with E-state index in [9.17, 15) is 19.2 Å². The summed E-state index contributed by atoms with van der Waals surface area (Å²) in [5.74, 6) is -2.01. The summed E-state index contributed by atoms with van der Waals surface area (Å²) >= 11 is 0. The fourth-order valence-corrected chi connectivity index (χ4v) is 6.68. The fourth-order valence-electron chi connectivity index (χ4n) is 6.68. The third-order valence-electron chi connectivity index (χ3n) is 11.1. The van der Waals surface area contributed by atoms with Gasteiger partial charge >= 0.3 is 17.9 Å². The Bertz CT molecular complexity index is 1150. The van der Waals surface area contributed by atoms with Crippen molar-refractivity contribution in [2.75, 3.05) is 6.61 Å². The number of aldehydes is 1. The van der Waals surface area contributed by atoms with Gasteiger partial charge in [-0.05, 0) is 116 Å². The molecule has 3 atom stereocenters. The second-order valence-electron chi connectivity index (χ2n) is 18.0. The Morgan fingerprint density at radius 2 is 0.586 bits per heavy atom. The number of carboxylic acids is 3. The number of aliphatic carboxylic acids is 3. The third-order valence-corrected chi connectivity index (χ3v) is 11.1. The molecule has 0 aliphatic heterocycles. The van der Waals surface area contributed by atoms with Crippen molar-refractivity contribution < 1.29 is 54.9 Å². The molecule has 0 unspecified atom stereocenters. The van der Waals surface area contributed by atoms with E-state index in [-0.39, 0.29) is 6.29 Å². The highest BCUT2D eigenvalue weighted by Gasteiger charge is 2.22. The number of rotatable bonds is 46. The van der Waals surface area contributed by atoms with Gasteiger partial charge in [-0.25, -0.2) is 0 Å². The fraction of sp³-hybridized carbons (Fsp3) is 0.729. The van der Waals surface area contributed by atoms with E-state index in [0.717, 1.165) is 77.0 Å². The quantitative estimate of drug-likeness (QED) is 0.0173. The first kappa shape index (κ1) is 72.9. The molecule has 0 fully saturated rings. The van der Waals surface area contributed by atoms with Gasteiger partial charge in [0.15, 0.2) is 6.29 Å². The number of aliphatic hydroxyl groups is 4. The van der Waals surface area contributed by atoms with Crippen LogP contribution in [0.2, 0.25) is 0 Å². The average molecular weight is 991 g/mol. The first-order chi connectivity index (χ1) is 33.9. The van der Waals surface area contributed by atoms with Crippen LogP contribution in [-0.4, -0.2) is 84.9 Å². The highest BCUT2D eigenvalue weighted by molar-refractivity contribution is 5.67. The summed E-state index contributed by atoms with van der Waals surface area (Å²) < 4.78 is 0. The second kappa shape index (κ2) is 65.4. The first-order valence-electron chi connectivity index (χ1n) is 27.6. The largest absolute Gasteiger partial charge is 0.481 e. The lowest BCUT2D eigenvalue weighted by Gasteiger charge is -2.16. The van der Waals surface area contributed by atoms with Crippen LogP contribution < -0.4 is 0 Å². The van der Waals surface area contributed by atoms with Gasteiger partial charge in [0.1, 0.15) is 18.3 Å². The SMILES string of the molecule is CCCCC/C=C\C/C=C\CCCCCCCC(=O)O.CCCCC/C=C\C/C=C\CCCCCCCC(=O)O.CCCCC/C=C\C/C=C\CCCCCCCC(=O)O.O=C[C@H](O)[C@@H](O)[C@H](O)CO. The van der Waals surface area contributed by atoms with Crippen molar-refractivity contribution in [3.8, 4) is 0 Å². The minimum Gasteiger partial charge on any atom is -0.481 e. The lowest BCUT2D eigenvalue weighted by atomic mass is 10.1. The Morgan fingerprint density at radius 1 is 0.357 bits per heavy atom. The highest BCUT2D eigenvalue weighted by atomic mass is 16.4. The standard InChI is InChI=1S/3C18H32O2.C5H10O5/c3*1-2-3-4-5-6-7-8-9-10-11-12-13-14-15-16-17-18(19)20;6-1-3(8)5(10)4(9)2-7/h3*6-7,9-10H,2-5,8,11-17H2,1H3,(H,19,20);1,3-5,7-10H,2H2/b3*7-6-,10-9-;/t;;;3-,4+,5+/m...0/s1. The molecule has 0 rings (SSSR count). The molecule has 0 saturated carbocycles. The van der Waals surface area contributed by atoms with Gasteiger partial charge in [-0.15, -0.1) is 0 Å². The van der Waals surface area contributed by atoms with Gasteiger partial charge in [-0.2, -0.15) is 0 Å². The first-order valence-corrected chi connectivity index (χ1v) is 27.6. The molecule has 0 heterocycles. The summed E-state index contributed by atoms with van der Waals surface area (Å²) in [6, 6.07) is 0. The second-order valence-corrected chi connectivity index (χ2v) is 18.0. The molecule has 11 nitrogen and oxygen atoms in total. The van der Waals surface area contributed by atoms with Gasteiger partial charge in [0.05, 0.1) is 6.61 Å². The van der Waals surface area contributed by atoms with Crippen molar-refractivity contribution in [2.45, 2.75) is 270 Å². The predicted octanol–water partition coefficient (Wildman–Crippen LogP) is 14.9. The van der Waals surface area contributed by atoms with Crippen molar-refractivity contribution >= 4 is 24.2 Å². The monoisotopic (exact) mass is 991 g/mol. The maximum absolute atomic E-state index is 10.3. The number of aliphatic hydroxyl groups excluding tert-OH is 4. The summed E-state index contributed by atoms with van der Waals surface area (Å²) in [6.45, 7) is 6.02. The minimum absolute atomic E-state index is 0.0869. The van der Waals surface area contributed by atoms with E-state index in [2.05, 4.69) is 93.7 Å². The third kappa shape index (κ3) is 73.3. The lowest BCUT2D eigenvalue weighted by Crippen LogP contribution is -2.40. The number of allylic oxidation sites excluding steroid dienone is 12. The molecule has 7 N–H and O–H groups in total. The molecule has 0 spiro atoms. The molecular weight excluding hydrogens is 885 g/mol. The molecule has 70 heavy (non-hydrogen) atoms. The predicted molar refractivity (Wildman–Crippen MR) is 292 cm³/mol. The number of carbonyl (C=O) groups is 4. The normalized spacial score (nSPS) is 12.8. The molecule has 0 amide bonds. The zero-order valence-electron chi connectivity index (χ0n) is 44.7. The summed E-state index contributed by atoms with van der Waals surface area (Å²) in [6.07, 6.45) is 62.2. The molecule has 0 bridgehead atoms. The summed E-state index contributed by atoms with van der Waals surface area (Å²) in [5, 5.41) is 59.6. The van der Waals surface area contributed by atoms with Crippen molar-refractivity contribution in [3.05, 3.63) is 72.9 Å². The maximum Gasteiger partial charge on any atom is 0.303 e. The van der Waals surface area contributed by atoms with Crippen molar-refractivity contribution in [1.82, 2.24) is 0 Å². The summed E-state index contributed by atoms with van der Waals surface area (Å²) in [7, 11) is 0. The molecule has 0 aliphatic rings. The highest BCUT2D eigenvalue weighted by Crippen LogP contribution is 2.11. The number of hydrogen-bond acceptors (Lipinski definition) is 8. The Morgan fingerprint density at radius 3 is 0.800 bits per heavy atom. The molecule has 11 heteroatoms. The summed E-state index contributed by atoms with van der Waals surface area (Å²) in [5.41, 5.74) is 0. The van der Waals surface area contributed by atoms with Crippen LogP contribution in [0.15, 0.2) is 72.9 Å². The molecule has 0 saturated heterocycles. The molecular formula is C59H106O11. The van der Waals surface area contributed by atoms with Crippen LogP contribution in [0, 0.1) is 0 Å². The van der Waals surface area contributed by atoms with Gasteiger partial charge in [0.25, 0.3) is 0 Å². The molecule has 0 radical (unpaired) electrons. The van der Waals surface area contributed by atoms with Gasteiger partial charge in [0.2, 0.25) is 0 Å². The number of unbranched alkanes of at least 4 members (excludes halogenated alkanes) is 24. The molecule has 0 aliphatic carbocycles. The zero-order valence-corrected chi connectivity index (χ0v) is 44.7. The van der Waals surface area contributed by atoms with Crippen molar-refractivity contribution in [2.24, 2.45) is 0 Å². The molecule has 408 valence electrons. The van der Waals surface area contributed by atoms with Gasteiger partial charge < -0.3 is 40.5 Å². The van der Waals surface area contributed by atoms with Crippen LogP contribution in [0.1, 0.15) is 252 Å².